The van der Waals surface area contributed by atoms with Gasteiger partial charge in [0.1, 0.15) is 11.6 Å². The Hall–Kier alpha value is -1.96. The van der Waals surface area contributed by atoms with Gasteiger partial charge in [-0.2, -0.15) is 16.8 Å². The molecule has 8 nitrogen and oxygen atoms in total. The number of hydrogen-bond acceptors (Lipinski definition) is 8. The van der Waals surface area contributed by atoms with Gasteiger partial charge in [0.05, 0.1) is 49.4 Å². The van der Waals surface area contributed by atoms with Gasteiger partial charge < -0.3 is 9.47 Å². The van der Waals surface area contributed by atoms with E-state index in [-0.39, 0.29) is 49.4 Å². The number of ether oxygens (including phenoxy) is 2. The van der Waals surface area contributed by atoms with Gasteiger partial charge in [-0.1, -0.05) is 12.1 Å². The predicted molar refractivity (Wildman–Crippen MR) is 101 cm³/mol. The third-order valence-corrected chi connectivity index (χ3v) is 6.09. The summed E-state index contributed by atoms with van der Waals surface area (Å²) >= 11 is 0. The van der Waals surface area contributed by atoms with Crippen molar-refractivity contribution in [2.45, 2.75) is 9.79 Å². The number of rotatable bonds is 13. The van der Waals surface area contributed by atoms with Crippen LogP contribution >= 0.6 is 0 Å². The lowest BCUT2D eigenvalue weighted by Gasteiger charge is -2.08. The topological polar surface area (TPSA) is 105 Å². The van der Waals surface area contributed by atoms with Crippen LogP contribution in [0.2, 0.25) is 0 Å². The van der Waals surface area contributed by atoms with Crippen LogP contribution in [0.3, 0.4) is 0 Å². The van der Waals surface area contributed by atoms with Crippen LogP contribution in [0.5, 0.6) is 0 Å². The maximum Gasteiger partial charge on any atom is 0.297 e. The Morgan fingerprint density at radius 1 is 0.600 bits per heavy atom. The summed E-state index contributed by atoms with van der Waals surface area (Å²) in [7, 11) is -8.15. The fourth-order valence-corrected chi connectivity index (χ4v) is 3.96. The summed E-state index contributed by atoms with van der Waals surface area (Å²) in [6, 6.07) is 8.86. The second-order valence-electron chi connectivity index (χ2n) is 5.69. The average Bonchev–Trinajstić information content (AvgIpc) is 2.69. The zero-order chi connectivity index (χ0) is 22.0. The molecule has 2 aromatic carbocycles. The average molecular weight is 466 g/mol. The molecule has 0 aliphatic carbocycles. The van der Waals surface area contributed by atoms with Crippen molar-refractivity contribution in [1.29, 1.82) is 0 Å². The Kier molecular flexibility index (Phi) is 9.27. The van der Waals surface area contributed by atoms with Gasteiger partial charge in [0.15, 0.2) is 0 Å². The van der Waals surface area contributed by atoms with E-state index >= 15 is 0 Å². The molecular formula is C18H20F2O8S2. The van der Waals surface area contributed by atoms with Crippen LogP contribution < -0.4 is 0 Å². The molecule has 0 N–H and O–H groups in total. The van der Waals surface area contributed by atoms with Crippen molar-refractivity contribution >= 4 is 20.2 Å². The van der Waals surface area contributed by atoms with E-state index < -0.39 is 31.9 Å². The number of halogens is 2. The zero-order valence-corrected chi connectivity index (χ0v) is 17.3. The maximum absolute atomic E-state index is 13.1. The van der Waals surface area contributed by atoms with E-state index in [9.17, 15) is 25.6 Å². The van der Waals surface area contributed by atoms with Crippen molar-refractivity contribution in [3.05, 3.63) is 60.2 Å². The molecule has 0 saturated carbocycles. The maximum atomic E-state index is 13.1. The van der Waals surface area contributed by atoms with Gasteiger partial charge >= 0.3 is 0 Å². The number of benzene rings is 2. The summed E-state index contributed by atoms with van der Waals surface area (Å²) in [4.78, 5) is -0.585. The van der Waals surface area contributed by atoms with Crippen LogP contribution in [0.1, 0.15) is 0 Å². The molecule has 0 heterocycles. The lowest BCUT2D eigenvalue weighted by atomic mass is 10.4. The Morgan fingerprint density at radius 2 is 0.967 bits per heavy atom. The molecule has 2 rings (SSSR count). The Bertz CT molecular complexity index is 942. The van der Waals surface area contributed by atoms with Gasteiger partial charge in [-0.15, -0.1) is 0 Å². The van der Waals surface area contributed by atoms with Crippen molar-refractivity contribution in [2.24, 2.45) is 0 Å². The summed E-state index contributed by atoms with van der Waals surface area (Å²) < 4.78 is 93.2. The Morgan fingerprint density at radius 3 is 1.33 bits per heavy atom. The molecule has 0 bridgehead atoms. The van der Waals surface area contributed by atoms with E-state index in [2.05, 4.69) is 0 Å². The van der Waals surface area contributed by atoms with Gasteiger partial charge in [0, 0.05) is 0 Å². The van der Waals surface area contributed by atoms with E-state index in [0.717, 1.165) is 24.3 Å². The standard InChI is InChI=1S/C18H20F2O8S2/c19-15-3-1-5-17(13-15)29(21,22)27-11-9-25-7-8-26-10-12-28-30(23,24)18-6-2-4-16(20)14-18/h1-6,13-14H,7-12H2. The highest BCUT2D eigenvalue weighted by atomic mass is 32.2. The summed E-state index contributed by atoms with van der Waals surface area (Å²) in [5, 5.41) is 0. The molecule has 0 fully saturated rings. The van der Waals surface area contributed by atoms with Crippen LogP contribution in [0.4, 0.5) is 8.78 Å². The Labute approximate surface area is 173 Å². The summed E-state index contributed by atoms with van der Waals surface area (Å²) in [5.74, 6) is -1.39. The second-order valence-corrected chi connectivity index (χ2v) is 8.92. The second kappa shape index (κ2) is 11.4. The van der Waals surface area contributed by atoms with Gasteiger partial charge in [-0.3, -0.25) is 8.37 Å². The minimum Gasteiger partial charge on any atom is -0.377 e. The number of hydrogen-bond donors (Lipinski definition) is 0. The summed E-state index contributed by atoms with van der Waals surface area (Å²) in [5.41, 5.74) is 0. The lowest BCUT2D eigenvalue weighted by Crippen LogP contribution is -2.15. The minimum atomic E-state index is -4.08. The SMILES string of the molecule is O=S(=O)(OCCOCCOCCOS(=O)(=O)c1cccc(F)c1)c1cccc(F)c1. The molecule has 0 unspecified atom stereocenters. The smallest absolute Gasteiger partial charge is 0.297 e. The quantitative estimate of drug-likeness (QED) is 0.327. The van der Waals surface area contributed by atoms with Crippen molar-refractivity contribution in [3.8, 4) is 0 Å². The highest BCUT2D eigenvalue weighted by Crippen LogP contribution is 2.14. The monoisotopic (exact) mass is 466 g/mol. The van der Waals surface area contributed by atoms with Crippen LogP contribution in [0.25, 0.3) is 0 Å². The van der Waals surface area contributed by atoms with Crippen LogP contribution in [-0.4, -0.2) is 56.5 Å². The van der Waals surface area contributed by atoms with Crippen molar-refractivity contribution in [2.75, 3.05) is 39.6 Å². The molecule has 166 valence electrons. The molecule has 2 aromatic rings. The van der Waals surface area contributed by atoms with E-state index in [1.807, 2.05) is 0 Å². The molecular weight excluding hydrogens is 446 g/mol. The fourth-order valence-electron chi connectivity index (χ4n) is 2.11. The molecule has 0 amide bonds. The first kappa shape index (κ1) is 24.3. The van der Waals surface area contributed by atoms with Gasteiger partial charge in [0.25, 0.3) is 20.2 Å². The van der Waals surface area contributed by atoms with Crippen molar-refractivity contribution in [1.82, 2.24) is 0 Å². The molecule has 0 spiro atoms. The molecule has 30 heavy (non-hydrogen) atoms. The van der Waals surface area contributed by atoms with E-state index in [0.29, 0.717) is 0 Å². The first-order valence-electron chi connectivity index (χ1n) is 8.66. The summed E-state index contributed by atoms with van der Waals surface area (Å²) in [6.07, 6.45) is 0. The van der Waals surface area contributed by atoms with Crippen LogP contribution in [0.15, 0.2) is 58.3 Å². The first-order chi connectivity index (χ1) is 14.2. The lowest BCUT2D eigenvalue weighted by molar-refractivity contribution is 0.0285. The van der Waals surface area contributed by atoms with Gasteiger partial charge in [0.2, 0.25) is 0 Å². The third kappa shape index (κ3) is 8.05. The van der Waals surface area contributed by atoms with E-state index in [1.165, 1.54) is 24.3 Å². The molecule has 0 aromatic heterocycles. The minimum absolute atomic E-state index is 0.0532. The first-order valence-corrected chi connectivity index (χ1v) is 11.5. The summed E-state index contributed by atoms with van der Waals surface area (Å²) in [6.45, 7) is -0.452. The van der Waals surface area contributed by atoms with E-state index in [4.69, 9.17) is 17.8 Å². The third-order valence-electron chi connectivity index (χ3n) is 3.47. The molecule has 12 heteroatoms. The molecule has 0 saturated heterocycles. The molecule has 0 aliphatic rings. The van der Waals surface area contributed by atoms with Crippen molar-refractivity contribution in [3.63, 3.8) is 0 Å². The largest absolute Gasteiger partial charge is 0.377 e. The molecule has 0 aliphatic heterocycles. The zero-order valence-electron chi connectivity index (χ0n) is 15.7. The van der Waals surface area contributed by atoms with Gasteiger partial charge in [-0.25, -0.2) is 8.78 Å². The van der Waals surface area contributed by atoms with Crippen molar-refractivity contribution < 1.29 is 43.5 Å². The normalized spacial score (nSPS) is 12.2. The van der Waals surface area contributed by atoms with Crippen LogP contribution in [-0.2, 0) is 38.1 Å². The predicted octanol–water partition coefficient (Wildman–Crippen LogP) is 2.11. The highest BCUT2D eigenvalue weighted by molar-refractivity contribution is 7.87. The molecule has 0 atom stereocenters. The molecule has 0 radical (unpaired) electrons. The fraction of sp³-hybridized carbons (Fsp3) is 0.333. The highest BCUT2D eigenvalue weighted by Gasteiger charge is 2.16. The Balaban J connectivity index is 1.55. The van der Waals surface area contributed by atoms with Crippen LogP contribution in [0, 0.1) is 11.6 Å². The van der Waals surface area contributed by atoms with E-state index in [1.54, 1.807) is 0 Å². The van der Waals surface area contributed by atoms with Gasteiger partial charge in [-0.05, 0) is 36.4 Å².